The molecule has 1 aliphatic rings. The number of H-pyrrole nitrogens is 1. The van der Waals surface area contributed by atoms with Crippen molar-refractivity contribution in [3.05, 3.63) is 53.6 Å². The number of aliphatic hydroxyl groups is 1. The van der Waals surface area contributed by atoms with Crippen LogP contribution < -0.4 is 5.73 Å². The molecule has 1 amide bonds. The van der Waals surface area contributed by atoms with E-state index in [1.54, 1.807) is 12.1 Å². The molecule has 4 rings (SSSR count). The number of imidazole rings is 1. The number of aromatic amines is 1. The van der Waals surface area contributed by atoms with Crippen LogP contribution in [-0.2, 0) is 6.54 Å². The third-order valence-electron chi connectivity index (χ3n) is 5.10. The maximum absolute atomic E-state index is 11.6. The number of nitrogens with one attached hydrogen (secondary N) is 1. The van der Waals surface area contributed by atoms with Gasteiger partial charge >= 0.3 is 0 Å². The second-order valence-corrected chi connectivity index (χ2v) is 6.80. The smallest absolute Gasteiger partial charge is 0.250 e. The van der Waals surface area contributed by atoms with Crippen LogP contribution in [0, 0.1) is 0 Å². The Morgan fingerprint density at radius 2 is 2.08 bits per heavy atom. The summed E-state index contributed by atoms with van der Waals surface area (Å²) in [5, 5.41) is 9.45. The standard InChI is InChI=1S/C20H22N4O2/c21-19(26)16-4-1-5-17-18(16)23-20(22-17)14-8-6-13(7-9-14)11-24-10-2-3-15(24)12-25/h1,4-9,15,25H,2-3,10-12H2,(H2,21,26)(H,22,23). The molecular formula is C20H22N4O2. The lowest BCUT2D eigenvalue weighted by Crippen LogP contribution is -2.31. The SMILES string of the molecule is NC(=O)c1cccc2[nH]c(-c3ccc(CN4CCCC4CO)cc3)nc12. The maximum Gasteiger partial charge on any atom is 0.250 e. The minimum absolute atomic E-state index is 0.221. The number of carbonyl (C=O) groups excluding carboxylic acids is 1. The van der Waals surface area contributed by atoms with Gasteiger partial charge in [-0.3, -0.25) is 9.69 Å². The predicted molar refractivity (Wildman–Crippen MR) is 101 cm³/mol. The van der Waals surface area contributed by atoms with Crippen molar-refractivity contribution in [3.8, 4) is 11.4 Å². The zero-order chi connectivity index (χ0) is 18.1. The molecule has 2 aromatic carbocycles. The fourth-order valence-corrected chi connectivity index (χ4v) is 3.68. The Kier molecular flexibility index (Phi) is 4.44. The second-order valence-electron chi connectivity index (χ2n) is 6.80. The van der Waals surface area contributed by atoms with Crippen molar-refractivity contribution in [1.82, 2.24) is 14.9 Å². The van der Waals surface area contributed by atoms with Crippen LogP contribution in [0.25, 0.3) is 22.4 Å². The van der Waals surface area contributed by atoms with Crippen molar-refractivity contribution >= 4 is 16.9 Å². The van der Waals surface area contributed by atoms with E-state index >= 15 is 0 Å². The minimum atomic E-state index is -0.479. The number of hydrogen-bond acceptors (Lipinski definition) is 4. The molecule has 2 heterocycles. The Hall–Kier alpha value is -2.70. The lowest BCUT2D eigenvalue weighted by Gasteiger charge is -2.22. The van der Waals surface area contributed by atoms with Gasteiger partial charge < -0.3 is 15.8 Å². The van der Waals surface area contributed by atoms with Crippen molar-refractivity contribution in [2.45, 2.75) is 25.4 Å². The number of hydrogen-bond donors (Lipinski definition) is 3. The van der Waals surface area contributed by atoms with E-state index in [1.165, 1.54) is 5.56 Å². The molecule has 1 aliphatic heterocycles. The van der Waals surface area contributed by atoms with Crippen LogP contribution in [0.15, 0.2) is 42.5 Å². The summed E-state index contributed by atoms with van der Waals surface area (Å²) in [5.41, 5.74) is 9.42. The Bertz CT molecular complexity index is 933. The van der Waals surface area contributed by atoms with E-state index in [0.29, 0.717) is 11.1 Å². The molecule has 6 nitrogen and oxygen atoms in total. The number of amides is 1. The molecule has 26 heavy (non-hydrogen) atoms. The molecule has 4 N–H and O–H groups in total. The van der Waals surface area contributed by atoms with Crippen LogP contribution in [0.1, 0.15) is 28.8 Å². The van der Waals surface area contributed by atoms with Gasteiger partial charge in [0, 0.05) is 18.2 Å². The average molecular weight is 350 g/mol. The van der Waals surface area contributed by atoms with E-state index < -0.39 is 5.91 Å². The van der Waals surface area contributed by atoms with Gasteiger partial charge in [-0.05, 0) is 37.1 Å². The molecule has 1 aromatic heterocycles. The summed E-state index contributed by atoms with van der Waals surface area (Å²) < 4.78 is 0. The number of aromatic nitrogens is 2. The van der Waals surface area contributed by atoms with Gasteiger partial charge in [0.05, 0.1) is 17.7 Å². The molecule has 0 spiro atoms. The molecule has 3 aromatic rings. The van der Waals surface area contributed by atoms with E-state index in [4.69, 9.17) is 5.73 Å². The molecule has 0 aliphatic carbocycles. The zero-order valence-electron chi connectivity index (χ0n) is 14.5. The third kappa shape index (κ3) is 3.09. The monoisotopic (exact) mass is 350 g/mol. The fraction of sp³-hybridized carbons (Fsp3) is 0.300. The number of rotatable bonds is 5. The van der Waals surface area contributed by atoms with Gasteiger partial charge in [-0.2, -0.15) is 0 Å². The molecule has 1 atom stereocenters. The zero-order valence-corrected chi connectivity index (χ0v) is 14.5. The Labute approximate surface area is 151 Å². The molecule has 0 bridgehead atoms. The highest BCUT2D eigenvalue weighted by atomic mass is 16.3. The third-order valence-corrected chi connectivity index (χ3v) is 5.10. The first-order valence-corrected chi connectivity index (χ1v) is 8.88. The number of carbonyl (C=O) groups is 1. The largest absolute Gasteiger partial charge is 0.395 e. The molecule has 0 saturated carbocycles. The molecule has 0 radical (unpaired) electrons. The molecule has 1 saturated heterocycles. The first-order chi connectivity index (χ1) is 12.7. The van der Waals surface area contributed by atoms with E-state index in [0.717, 1.165) is 42.8 Å². The topological polar surface area (TPSA) is 95.2 Å². The number of nitrogens with zero attached hydrogens (tertiary/aromatic N) is 2. The molecule has 1 fully saturated rings. The van der Waals surface area contributed by atoms with Crippen LogP contribution in [0.2, 0.25) is 0 Å². The van der Waals surface area contributed by atoms with Crippen molar-refractivity contribution in [2.75, 3.05) is 13.2 Å². The van der Waals surface area contributed by atoms with Gasteiger partial charge in [-0.15, -0.1) is 0 Å². The fourth-order valence-electron chi connectivity index (χ4n) is 3.68. The van der Waals surface area contributed by atoms with Crippen LogP contribution in [0.5, 0.6) is 0 Å². The summed E-state index contributed by atoms with van der Waals surface area (Å²) in [6.45, 7) is 2.10. The summed E-state index contributed by atoms with van der Waals surface area (Å²) in [6, 6.07) is 13.9. The van der Waals surface area contributed by atoms with Crippen molar-refractivity contribution in [1.29, 1.82) is 0 Å². The number of likely N-dealkylation sites (tertiary alicyclic amines) is 1. The highest BCUT2D eigenvalue weighted by molar-refractivity contribution is 6.04. The molecule has 6 heteroatoms. The van der Waals surface area contributed by atoms with Crippen molar-refractivity contribution in [2.24, 2.45) is 5.73 Å². The Morgan fingerprint density at radius 3 is 2.81 bits per heavy atom. The number of aliphatic hydroxyl groups excluding tert-OH is 1. The second kappa shape index (κ2) is 6.90. The number of benzene rings is 2. The van der Waals surface area contributed by atoms with Gasteiger partial charge in [0.2, 0.25) is 0 Å². The summed E-state index contributed by atoms with van der Waals surface area (Å²) >= 11 is 0. The van der Waals surface area contributed by atoms with Crippen molar-refractivity contribution < 1.29 is 9.90 Å². The summed E-state index contributed by atoms with van der Waals surface area (Å²) in [5.74, 6) is 0.239. The van der Waals surface area contributed by atoms with Gasteiger partial charge in [-0.25, -0.2) is 4.98 Å². The highest BCUT2D eigenvalue weighted by Crippen LogP contribution is 2.24. The molecule has 1 unspecified atom stereocenters. The lowest BCUT2D eigenvalue weighted by molar-refractivity contribution is 0.100. The van der Waals surface area contributed by atoms with E-state index in [9.17, 15) is 9.90 Å². The average Bonchev–Trinajstić information content (AvgIpc) is 3.28. The van der Waals surface area contributed by atoms with E-state index in [-0.39, 0.29) is 12.6 Å². The van der Waals surface area contributed by atoms with Gasteiger partial charge in [0.1, 0.15) is 11.3 Å². The van der Waals surface area contributed by atoms with Gasteiger partial charge in [0.25, 0.3) is 5.91 Å². The number of nitrogens with two attached hydrogens (primary N) is 1. The molecule has 134 valence electrons. The van der Waals surface area contributed by atoms with Crippen LogP contribution in [0.3, 0.4) is 0 Å². The predicted octanol–water partition coefficient (Wildman–Crippen LogP) is 2.29. The van der Waals surface area contributed by atoms with Crippen LogP contribution in [-0.4, -0.2) is 45.1 Å². The summed E-state index contributed by atoms with van der Waals surface area (Å²) in [6.07, 6.45) is 2.21. The van der Waals surface area contributed by atoms with Gasteiger partial charge in [0.15, 0.2) is 0 Å². The Morgan fingerprint density at radius 1 is 1.27 bits per heavy atom. The summed E-state index contributed by atoms with van der Waals surface area (Å²) in [7, 11) is 0. The van der Waals surface area contributed by atoms with Gasteiger partial charge in [-0.1, -0.05) is 30.3 Å². The van der Waals surface area contributed by atoms with Crippen molar-refractivity contribution in [3.63, 3.8) is 0 Å². The molecular weight excluding hydrogens is 328 g/mol. The lowest BCUT2D eigenvalue weighted by atomic mass is 10.1. The highest BCUT2D eigenvalue weighted by Gasteiger charge is 2.23. The normalized spacial score (nSPS) is 17.8. The van der Waals surface area contributed by atoms with Crippen LogP contribution >= 0.6 is 0 Å². The van der Waals surface area contributed by atoms with E-state index in [1.807, 2.05) is 18.2 Å². The number of primary amides is 1. The number of fused-ring (bicyclic) bond motifs is 1. The van der Waals surface area contributed by atoms with Crippen LogP contribution in [0.4, 0.5) is 0 Å². The van der Waals surface area contributed by atoms with E-state index in [2.05, 4.69) is 27.0 Å². The Balaban J connectivity index is 1.58. The minimum Gasteiger partial charge on any atom is -0.395 e. The number of para-hydroxylation sites is 1. The first kappa shape index (κ1) is 16.8. The maximum atomic E-state index is 11.6. The first-order valence-electron chi connectivity index (χ1n) is 8.88. The quantitative estimate of drug-likeness (QED) is 0.658. The summed E-state index contributed by atoms with van der Waals surface area (Å²) in [4.78, 5) is 21.7.